The van der Waals surface area contributed by atoms with Crippen molar-refractivity contribution < 1.29 is 31.8 Å². The Bertz CT molecular complexity index is 531. The van der Waals surface area contributed by atoms with Crippen LogP contribution in [-0.4, -0.2) is 31.2 Å². The van der Waals surface area contributed by atoms with Gasteiger partial charge in [0.1, 0.15) is 6.61 Å². The Hall–Kier alpha value is -1.63. The van der Waals surface area contributed by atoms with Crippen molar-refractivity contribution in [2.75, 3.05) is 13.2 Å². The molecular formula is C13H12F4O3. The van der Waals surface area contributed by atoms with E-state index in [1.54, 1.807) is 0 Å². The lowest BCUT2D eigenvalue weighted by Gasteiger charge is -2.17. The second kappa shape index (κ2) is 5.40. The molecule has 20 heavy (non-hydrogen) atoms. The predicted molar refractivity (Wildman–Crippen MR) is 60.4 cm³/mol. The summed E-state index contributed by atoms with van der Waals surface area (Å²) in [5.74, 6) is -6.26. The third kappa shape index (κ3) is 2.92. The molecule has 7 heteroatoms. The van der Waals surface area contributed by atoms with Crippen molar-refractivity contribution in [3.8, 4) is 0 Å². The lowest BCUT2D eigenvalue weighted by Crippen LogP contribution is -2.36. The van der Waals surface area contributed by atoms with Crippen molar-refractivity contribution in [1.82, 2.24) is 0 Å². The van der Waals surface area contributed by atoms with E-state index in [9.17, 15) is 22.4 Å². The Morgan fingerprint density at radius 3 is 2.75 bits per heavy atom. The molecule has 1 fully saturated rings. The van der Waals surface area contributed by atoms with Gasteiger partial charge >= 0.3 is 11.9 Å². The summed E-state index contributed by atoms with van der Waals surface area (Å²) < 4.78 is 61.8. The third-order valence-corrected chi connectivity index (χ3v) is 3.09. The van der Waals surface area contributed by atoms with Crippen molar-refractivity contribution in [2.45, 2.75) is 25.4 Å². The summed E-state index contributed by atoms with van der Waals surface area (Å²) in [6.07, 6.45) is -2.05. The van der Waals surface area contributed by atoms with Gasteiger partial charge in [0.15, 0.2) is 17.7 Å². The number of ether oxygens (including phenoxy) is 2. The Morgan fingerprint density at radius 1 is 1.45 bits per heavy atom. The SMILES string of the molecule is Cc1c(CC(=O)O[C@@H]2COCC2(F)F)ccc(F)c1F. The van der Waals surface area contributed by atoms with Gasteiger partial charge in [-0.25, -0.2) is 8.78 Å². The first kappa shape index (κ1) is 14.8. The molecule has 0 spiro atoms. The molecule has 0 unspecified atom stereocenters. The van der Waals surface area contributed by atoms with E-state index in [0.717, 1.165) is 6.07 Å². The highest BCUT2D eigenvalue weighted by atomic mass is 19.3. The van der Waals surface area contributed by atoms with Crippen LogP contribution in [0.15, 0.2) is 12.1 Å². The van der Waals surface area contributed by atoms with E-state index >= 15 is 0 Å². The van der Waals surface area contributed by atoms with Crippen molar-refractivity contribution in [2.24, 2.45) is 0 Å². The first-order valence-corrected chi connectivity index (χ1v) is 5.90. The second-order valence-corrected chi connectivity index (χ2v) is 4.58. The lowest BCUT2D eigenvalue weighted by molar-refractivity contribution is -0.163. The van der Waals surface area contributed by atoms with E-state index in [2.05, 4.69) is 9.47 Å². The highest BCUT2D eigenvalue weighted by Crippen LogP contribution is 2.28. The number of carbonyl (C=O) groups excluding carboxylic acids is 1. The predicted octanol–water partition coefficient (Wildman–Crippen LogP) is 2.39. The van der Waals surface area contributed by atoms with Crippen molar-refractivity contribution in [1.29, 1.82) is 0 Å². The standard InChI is InChI=1S/C13H12F4O3/c1-7-8(2-3-9(14)12(7)15)4-11(18)20-10-5-19-6-13(10,16)17/h2-3,10H,4-6H2,1H3/t10-/m1/s1. The van der Waals surface area contributed by atoms with Gasteiger partial charge in [-0.3, -0.25) is 4.79 Å². The maximum absolute atomic E-state index is 13.3. The number of halogens is 4. The van der Waals surface area contributed by atoms with Crippen LogP contribution < -0.4 is 0 Å². The van der Waals surface area contributed by atoms with E-state index in [1.807, 2.05) is 0 Å². The highest BCUT2D eigenvalue weighted by Gasteiger charge is 2.48. The molecule has 1 aromatic rings. The van der Waals surface area contributed by atoms with Crippen molar-refractivity contribution in [3.63, 3.8) is 0 Å². The minimum absolute atomic E-state index is 0.0450. The third-order valence-electron chi connectivity index (χ3n) is 3.09. The van der Waals surface area contributed by atoms with Crippen LogP contribution in [-0.2, 0) is 20.7 Å². The lowest BCUT2D eigenvalue weighted by atomic mass is 10.1. The molecule has 0 saturated carbocycles. The van der Waals surface area contributed by atoms with E-state index in [0.29, 0.717) is 0 Å². The van der Waals surface area contributed by atoms with Gasteiger partial charge in [0.05, 0.1) is 13.0 Å². The quantitative estimate of drug-likeness (QED) is 0.634. The number of hydrogen-bond donors (Lipinski definition) is 0. The molecule has 1 atom stereocenters. The summed E-state index contributed by atoms with van der Waals surface area (Å²) >= 11 is 0. The monoisotopic (exact) mass is 292 g/mol. The zero-order chi connectivity index (χ0) is 14.9. The maximum Gasteiger partial charge on any atom is 0.310 e. The van der Waals surface area contributed by atoms with Gasteiger partial charge in [0.25, 0.3) is 0 Å². The van der Waals surface area contributed by atoms with E-state index in [-0.39, 0.29) is 17.7 Å². The number of rotatable bonds is 3. The molecule has 0 radical (unpaired) electrons. The molecule has 0 N–H and O–H groups in total. The zero-order valence-corrected chi connectivity index (χ0v) is 10.6. The summed E-state index contributed by atoms with van der Waals surface area (Å²) in [5.41, 5.74) is 0.146. The Kier molecular flexibility index (Phi) is 3.99. The molecular weight excluding hydrogens is 280 g/mol. The van der Waals surface area contributed by atoms with Crippen LogP contribution in [0.3, 0.4) is 0 Å². The zero-order valence-electron chi connectivity index (χ0n) is 10.6. The molecule has 1 heterocycles. The van der Waals surface area contributed by atoms with E-state index in [4.69, 9.17) is 0 Å². The largest absolute Gasteiger partial charge is 0.453 e. The minimum Gasteiger partial charge on any atom is -0.453 e. The topological polar surface area (TPSA) is 35.5 Å². The molecule has 110 valence electrons. The molecule has 0 bridgehead atoms. The normalized spacial score (nSPS) is 20.9. The fraction of sp³-hybridized carbons (Fsp3) is 0.462. The van der Waals surface area contributed by atoms with Gasteiger partial charge in [-0.15, -0.1) is 0 Å². The van der Waals surface area contributed by atoms with Gasteiger partial charge in [-0.2, -0.15) is 8.78 Å². The average molecular weight is 292 g/mol. The number of benzene rings is 1. The fourth-order valence-electron chi connectivity index (χ4n) is 1.88. The Morgan fingerprint density at radius 2 is 2.15 bits per heavy atom. The molecule has 2 rings (SSSR count). The van der Waals surface area contributed by atoms with Gasteiger partial charge in [-0.1, -0.05) is 6.07 Å². The first-order chi connectivity index (χ1) is 9.31. The molecule has 0 aromatic heterocycles. The van der Waals surface area contributed by atoms with Crippen LogP contribution in [0.2, 0.25) is 0 Å². The van der Waals surface area contributed by atoms with Crippen LogP contribution >= 0.6 is 0 Å². The van der Waals surface area contributed by atoms with Crippen molar-refractivity contribution >= 4 is 5.97 Å². The Labute approximate surface area is 112 Å². The average Bonchev–Trinajstić information content (AvgIpc) is 2.70. The number of esters is 1. The number of carbonyl (C=O) groups is 1. The molecule has 3 nitrogen and oxygen atoms in total. The van der Waals surface area contributed by atoms with Crippen LogP contribution in [0.4, 0.5) is 17.6 Å². The van der Waals surface area contributed by atoms with Gasteiger partial charge in [-0.05, 0) is 24.1 Å². The molecule has 1 aliphatic heterocycles. The molecule has 1 aliphatic rings. The summed E-state index contributed by atoms with van der Waals surface area (Å²) in [6.45, 7) is 0.124. The molecule has 0 aliphatic carbocycles. The summed E-state index contributed by atoms with van der Waals surface area (Å²) in [6, 6.07) is 2.09. The van der Waals surface area contributed by atoms with Crippen LogP contribution in [0.1, 0.15) is 11.1 Å². The molecule has 0 amide bonds. The Balaban J connectivity index is 2.04. The summed E-state index contributed by atoms with van der Waals surface area (Å²) in [7, 11) is 0. The van der Waals surface area contributed by atoms with Gasteiger partial charge in [0, 0.05) is 0 Å². The van der Waals surface area contributed by atoms with Crippen molar-refractivity contribution in [3.05, 3.63) is 34.9 Å². The van der Waals surface area contributed by atoms with Gasteiger partial charge < -0.3 is 9.47 Å². The highest BCUT2D eigenvalue weighted by molar-refractivity contribution is 5.73. The molecule has 1 aromatic carbocycles. The van der Waals surface area contributed by atoms with Crippen LogP contribution in [0.5, 0.6) is 0 Å². The second-order valence-electron chi connectivity index (χ2n) is 4.58. The summed E-state index contributed by atoms with van der Waals surface area (Å²) in [5, 5.41) is 0. The summed E-state index contributed by atoms with van der Waals surface area (Å²) in [4.78, 5) is 11.6. The van der Waals surface area contributed by atoms with Crippen LogP contribution in [0, 0.1) is 18.6 Å². The smallest absolute Gasteiger partial charge is 0.310 e. The fourth-order valence-corrected chi connectivity index (χ4v) is 1.88. The number of alkyl halides is 2. The molecule has 1 saturated heterocycles. The maximum atomic E-state index is 13.3. The van der Waals surface area contributed by atoms with E-state index in [1.165, 1.54) is 13.0 Å². The van der Waals surface area contributed by atoms with E-state index < -0.39 is 42.7 Å². The number of hydrogen-bond acceptors (Lipinski definition) is 3. The van der Waals surface area contributed by atoms with Crippen LogP contribution in [0.25, 0.3) is 0 Å². The van der Waals surface area contributed by atoms with Gasteiger partial charge in [0.2, 0.25) is 0 Å². The first-order valence-electron chi connectivity index (χ1n) is 5.90. The minimum atomic E-state index is -3.22.